The fourth-order valence-corrected chi connectivity index (χ4v) is 2.77. The van der Waals surface area contributed by atoms with E-state index in [2.05, 4.69) is 45.2 Å². The van der Waals surface area contributed by atoms with Gasteiger partial charge in [0.2, 0.25) is 0 Å². The van der Waals surface area contributed by atoms with Crippen molar-refractivity contribution >= 4 is 37.7 Å². The normalized spacial score (nSPS) is 18.1. The molecule has 1 aliphatic rings. The molecule has 2 heterocycles. The summed E-state index contributed by atoms with van der Waals surface area (Å²) in [5.41, 5.74) is 2.24. The van der Waals surface area contributed by atoms with Crippen LogP contribution in [0.5, 0.6) is 5.75 Å². The predicted molar refractivity (Wildman–Crippen MR) is 78.7 cm³/mol. The molecule has 4 rings (SSSR count). The molecule has 0 amide bonds. The lowest BCUT2D eigenvalue weighted by Gasteiger charge is -2.06. The predicted octanol–water partition coefficient (Wildman–Crippen LogP) is 3.86. The molecule has 1 N–H and O–H groups in total. The van der Waals surface area contributed by atoms with Gasteiger partial charge in [0.1, 0.15) is 18.5 Å². The molecule has 0 spiro atoms. The lowest BCUT2D eigenvalue weighted by Crippen LogP contribution is -2.04. The fraction of sp³-hybridized carbons (Fsp3) is 0.200. The zero-order valence-electron chi connectivity index (χ0n) is 10.2. The first-order valence-electron chi connectivity index (χ1n) is 6.25. The Bertz CT molecular complexity index is 761. The Morgan fingerprint density at radius 3 is 2.89 bits per heavy atom. The van der Waals surface area contributed by atoms with Crippen molar-refractivity contribution in [3.63, 3.8) is 0 Å². The standard InChI is InChI=1S/C15H12BrNO2/c16-12-5-11-10-3-1-2-4-13(10)17-14(11)6-15(12)19-8-9-7-18-9/h1-6,9,17H,7-8H2/t9-/m0/s1. The fourth-order valence-electron chi connectivity index (χ4n) is 2.31. The first kappa shape index (κ1) is 11.3. The quantitative estimate of drug-likeness (QED) is 0.745. The number of aromatic nitrogens is 1. The molecule has 0 bridgehead atoms. The van der Waals surface area contributed by atoms with Crippen LogP contribution in [0.15, 0.2) is 40.9 Å². The topological polar surface area (TPSA) is 37.5 Å². The number of H-pyrrole nitrogens is 1. The molecule has 1 aliphatic heterocycles. The summed E-state index contributed by atoms with van der Waals surface area (Å²) in [5, 5.41) is 2.44. The Morgan fingerprint density at radius 2 is 2.05 bits per heavy atom. The van der Waals surface area contributed by atoms with E-state index in [1.54, 1.807) is 0 Å². The first-order chi connectivity index (χ1) is 9.31. The average molecular weight is 318 g/mol. The molecule has 1 saturated heterocycles. The minimum absolute atomic E-state index is 0.269. The van der Waals surface area contributed by atoms with Gasteiger partial charge in [0.25, 0.3) is 0 Å². The van der Waals surface area contributed by atoms with Crippen LogP contribution in [-0.4, -0.2) is 24.3 Å². The lowest BCUT2D eigenvalue weighted by atomic mass is 10.1. The van der Waals surface area contributed by atoms with E-state index >= 15 is 0 Å². The van der Waals surface area contributed by atoms with Gasteiger partial charge in [-0.3, -0.25) is 0 Å². The van der Waals surface area contributed by atoms with Gasteiger partial charge in [-0.15, -0.1) is 0 Å². The second-order valence-electron chi connectivity index (χ2n) is 4.77. The number of nitrogens with one attached hydrogen (secondary N) is 1. The molecule has 19 heavy (non-hydrogen) atoms. The van der Waals surface area contributed by atoms with Crippen LogP contribution in [0.25, 0.3) is 21.8 Å². The van der Waals surface area contributed by atoms with Gasteiger partial charge in [-0.05, 0) is 28.1 Å². The highest BCUT2D eigenvalue weighted by atomic mass is 79.9. The van der Waals surface area contributed by atoms with Crippen molar-refractivity contribution in [2.24, 2.45) is 0 Å². The van der Waals surface area contributed by atoms with Gasteiger partial charge in [-0.1, -0.05) is 18.2 Å². The van der Waals surface area contributed by atoms with Crippen LogP contribution in [0, 0.1) is 0 Å². The molecule has 1 aromatic heterocycles. The highest BCUT2D eigenvalue weighted by Crippen LogP contribution is 2.34. The van der Waals surface area contributed by atoms with Crippen molar-refractivity contribution in [1.29, 1.82) is 0 Å². The van der Waals surface area contributed by atoms with E-state index in [0.717, 1.165) is 27.9 Å². The summed E-state index contributed by atoms with van der Waals surface area (Å²) >= 11 is 3.58. The van der Waals surface area contributed by atoms with Gasteiger partial charge in [0.05, 0.1) is 16.6 Å². The summed E-state index contributed by atoms with van der Waals surface area (Å²) < 4.78 is 11.9. The van der Waals surface area contributed by atoms with Gasteiger partial charge in [-0.2, -0.15) is 0 Å². The monoisotopic (exact) mass is 317 g/mol. The maximum Gasteiger partial charge on any atom is 0.135 e. The number of hydrogen-bond acceptors (Lipinski definition) is 2. The van der Waals surface area contributed by atoms with Crippen molar-refractivity contribution in [3.8, 4) is 5.75 Å². The molecule has 3 nitrogen and oxygen atoms in total. The van der Waals surface area contributed by atoms with E-state index in [9.17, 15) is 0 Å². The molecule has 2 aromatic carbocycles. The number of ether oxygens (including phenoxy) is 2. The van der Waals surface area contributed by atoms with Crippen LogP contribution in [0.3, 0.4) is 0 Å². The van der Waals surface area contributed by atoms with Crippen LogP contribution < -0.4 is 4.74 Å². The second-order valence-corrected chi connectivity index (χ2v) is 5.62. The SMILES string of the molecule is Brc1cc2c(cc1OC[C@@H]1CO1)[nH]c1ccccc12. The van der Waals surface area contributed by atoms with Crippen LogP contribution in [0.4, 0.5) is 0 Å². The Hall–Kier alpha value is -1.52. The van der Waals surface area contributed by atoms with Gasteiger partial charge < -0.3 is 14.5 Å². The lowest BCUT2D eigenvalue weighted by molar-refractivity contribution is 0.262. The van der Waals surface area contributed by atoms with E-state index in [-0.39, 0.29) is 6.10 Å². The molecule has 0 saturated carbocycles. The number of fused-ring (bicyclic) bond motifs is 3. The number of benzene rings is 2. The van der Waals surface area contributed by atoms with Gasteiger partial charge >= 0.3 is 0 Å². The van der Waals surface area contributed by atoms with Crippen molar-refractivity contribution in [2.75, 3.05) is 13.2 Å². The minimum Gasteiger partial charge on any atom is -0.490 e. The number of aromatic amines is 1. The molecule has 1 fully saturated rings. The van der Waals surface area contributed by atoms with E-state index in [1.807, 2.05) is 12.1 Å². The molecular formula is C15H12BrNO2. The number of rotatable bonds is 3. The number of halogens is 1. The van der Waals surface area contributed by atoms with Gasteiger partial charge in [0, 0.05) is 22.4 Å². The van der Waals surface area contributed by atoms with Crippen molar-refractivity contribution in [3.05, 3.63) is 40.9 Å². The number of para-hydroxylation sites is 1. The zero-order chi connectivity index (χ0) is 12.8. The number of hydrogen-bond donors (Lipinski definition) is 1. The largest absolute Gasteiger partial charge is 0.490 e. The minimum atomic E-state index is 0.269. The summed E-state index contributed by atoms with van der Waals surface area (Å²) in [6.07, 6.45) is 0.269. The van der Waals surface area contributed by atoms with Crippen LogP contribution in [0.1, 0.15) is 0 Å². The Balaban J connectivity index is 1.82. The smallest absolute Gasteiger partial charge is 0.135 e. The third kappa shape index (κ3) is 2.01. The summed E-state index contributed by atoms with van der Waals surface area (Å²) in [5.74, 6) is 0.856. The van der Waals surface area contributed by atoms with E-state index in [1.165, 1.54) is 10.8 Å². The molecule has 3 aromatic rings. The summed E-state index contributed by atoms with van der Waals surface area (Å²) in [4.78, 5) is 3.42. The molecule has 4 heteroatoms. The van der Waals surface area contributed by atoms with Crippen LogP contribution >= 0.6 is 15.9 Å². The van der Waals surface area contributed by atoms with Crippen molar-refractivity contribution in [1.82, 2.24) is 4.98 Å². The van der Waals surface area contributed by atoms with Crippen molar-refractivity contribution < 1.29 is 9.47 Å². The van der Waals surface area contributed by atoms with Crippen LogP contribution in [-0.2, 0) is 4.74 Å². The first-order valence-corrected chi connectivity index (χ1v) is 7.05. The maximum absolute atomic E-state index is 5.77. The summed E-state index contributed by atoms with van der Waals surface area (Å²) in [6, 6.07) is 12.5. The van der Waals surface area contributed by atoms with E-state index < -0.39 is 0 Å². The van der Waals surface area contributed by atoms with Crippen molar-refractivity contribution in [2.45, 2.75) is 6.10 Å². The molecule has 0 radical (unpaired) electrons. The van der Waals surface area contributed by atoms with E-state index in [4.69, 9.17) is 9.47 Å². The zero-order valence-corrected chi connectivity index (χ0v) is 11.7. The molecule has 0 unspecified atom stereocenters. The Labute approximate surface area is 118 Å². The Kier molecular flexibility index (Phi) is 2.53. The van der Waals surface area contributed by atoms with Gasteiger partial charge in [-0.25, -0.2) is 0 Å². The average Bonchev–Trinajstić information content (AvgIpc) is 3.18. The molecule has 1 atom stereocenters. The van der Waals surface area contributed by atoms with Gasteiger partial charge in [0.15, 0.2) is 0 Å². The summed E-state index contributed by atoms with van der Waals surface area (Å²) in [6.45, 7) is 1.43. The second kappa shape index (κ2) is 4.25. The highest BCUT2D eigenvalue weighted by molar-refractivity contribution is 9.10. The van der Waals surface area contributed by atoms with Crippen LogP contribution in [0.2, 0.25) is 0 Å². The number of epoxide rings is 1. The third-order valence-electron chi connectivity index (χ3n) is 3.39. The van der Waals surface area contributed by atoms with E-state index in [0.29, 0.717) is 6.61 Å². The molecule has 96 valence electrons. The molecule has 0 aliphatic carbocycles. The highest BCUT2D eigenvalue weighted by Gasteiger charge is 2.23. The molecular weight excluding hydrogens is 306 g/mol. The third-order valence-corrected chi connectivity index (χ3v) is 4.01. The summed E-state index contributed by atoms with van der Waals surface area (Å²) in [7, 11) is 0. The Morgan fingerprint density at radius 1 is 1.21 bits per heavy atom. The maximum atomic E-state index is 5.77.